The van der Waals surface area contributed by atoms with Crippen molar-refractivity contribution < 1.29 is 18.0 Å². The molecule has 1 aromatic heterocycles. The van der Waals surface area contributed by atoms with Crippen molar-refractivity contribution in [3.8, 4) is 0 Å². The molecule has 0 saturated carbocycles. The minimum Gasteiger partial charge on any atom is -0.352 e. The summed E-state index contributed by atoms with van der Waals surface area (Å²) in [4.78, 5) is 36.3. The van der Waals surface area contributed by atoms with Gasteiger partial charge in [0, 0.05) is 13.0 Å². The highest BCUT2D eigenvalue weighted by atomic mass is 19.4. The van der Waals surface area contributed by atoms with Crippen molar-refractivity contribution in [3.63, 3.8) is 0 Å². The highest BCUT2D eigenvalue weighted by Crippen LogP contribution is 2.29. The van der Waals surface area contributed by atoms with Gasteiger partial charge in [0.1, 0.15) is 0 Å². The van der Waals surface area contributed by atoms with Gasteiger partial charge in [-0.25, -0.2) is 4.68 Å². The largest absolute Gasteiger partial charge is 0.416 e. The molecule has 0 bridgehead atoms. The number of fused-ring (bicyclic) bond motifs is 1. The Labute approximate surface area is 156 Å². The molecule has 0 aliphatic rings. The van der Waals surface area contributed by atoms with Crippen LogP contribution in [0.15, 0.2) is 58.1 Å². The van der Waals surface area contributed by atoms with Gasteiger partial charge in [-0.1, -0.05) is 24.3 Å². The SMILES string of the molecule is O=C(CCn1[nH]c(=O)c2ccccc2c1=O)NCc1ccc(C(F)(F)F)cc1. The molecule has 28 heavy (non-hydrogen) atoms. The minimum absolute atomic E-state index is 0.0300. The van der Waals surface area contributed by atoms with Crippen molar-refractivity contribution >= 4 is 16.7 Å². The van der Waals surface area contributed by atoms with Gasteiger partial charge in [0.2, 0.25) is 5.91 Å². The van der Waals surface area contributed by atoms with Crippen LogP contribution in [0, 0.1) is 0 Å². The Morgan fingerprint density at radius 2 is 1.64 bits per heavy atom. The fourth-order valence-electron chi connectivity index (χ4n) is 2.72. The lowest BCUT2D eigenvalue weighted by Gasteiger charge is -2.09. The number of aromatic nitrogens is 2. The number of carbonyl (C=O) groups is 1. The van der Waals surface area contributed by atoms with Gasteiger partial charge in [-0.3, -0.25) is 19.5 Å². The zero-order valence-corrected chi connectivity index (χ0v) is 14.5. The molecule has 0 radical (unpaired) electrons. The summed E-state index contributed by atoms with van der Waals surface area (Å²) in [6.45, 7) is 0.0257. The van der Waals surface area contributed by atoms with Crippen LogP contribution < -0.4 is 16.4 Å². The number of rotatable bonds is 5. The van der Waals surface area contributed by atoms with Gasteiger partial charge in [-0.2, -0.15) is 13.2 Å². The molecule has 9 heteroatoms. The van der Waals surface area contributed by atoms with Crippen molar-refractivity contribution in [3.05, 3.63) is 80.4 Å². The molecule has 0 saturated heterocycles. The molecular formula is C19H16F3N3O3. The second-order valence-corrected chi connectivity index (χ2v) is 6.16. The van der Waals surface area contributed by atoms with Gasteiger partial charge >= 0.3 is 6.18 Å². The predicted molar refractivity (Wildman–Crippen MR) is 96.7 cm³/mol. The summed E-state index contributed by atoms with van der Waals surface area (Å²) in [5.41, 5.74) is -1.09. The van der Waals surface area contributed by atoms with E-state index in [1.807, 2.05) is 0 Å². The summed E-state index contributed by atoms with van der Waals surface area (Å²) >= 11 is 0. The van der Waals surface area contributed by atoms with Crippen molar-refractivity contribution in [2.24, 2.45) is 0 Å². The molecule has 3 rings (SSSR count). The summed E-state index contributed by atoms with van der Waals surface area (Å²) in [6, 6.07) is 10.8. The van der Waals surface area contributed by atoms with Gasteiger partial charge < -0.3 is 5.32 Å². The Morgan fingerprint density at radius 3 is 2.29 bits per heavy atom. The number of hydrogen-bond donors (Lipinski definition) is 2. The highest BCUT2D eigenvalue weighted by molar-refractivity contribution is 5.80. The third-order valence-electron chi connectivity index (χ3n) is 4.22. The van der Waals surface area contributed by atoms with Gasteiger partial charge in [0.15, 0.2) is 0 Å². The van der Waals surface area contributed by atoms with Crippen LogP contribution in [0.5, 0.6) is 0 Å². The van der Waals surface area contributed by atoms with E-state index < -0.39 is 28.8 Å². The number of H-pyrrole nitrogens is 1. The average molecular weight is 391 g/mol. The standard InChI is InChI=1S/C19H16F3N3O3/c20-19(21,22)13-7-5-12(6-8-13)11-23-16(26)9-10-25-18(28)15-4-2-1-3-14(15)17(27)24-25/h1-8H,9-11H2,(H,23,26)(H,24,27). The van der Waals surface area contributed by atoms with Gasteiger partial charge in [-0.15, -0.1) is 0 Å². The number of amides is 1. The summed E-state index contributed by atoms with van der Waals surface area (Å²) in [5, 5.41) is 5.54. The number of aromatic amines is 1. The van der Waals surface area contributed by atoms with Crippen LogP contribution in [0.3, 0.4) is 0 Å². The topological polar surface area (TPSA) is 84.0 Å². The van der Waals surface area contributed by atoms with E-state index in [0.717, 1.165) is 16.8 Å². The average Bonchev–Trinajstić information content (AvgIpc) is 2.67. The van der Waals surface area contributed by atoms with Crippen molar-refractivity contribution in [2.45, 2.75) is 25.7 Å². The molecule has 6 nitrogen and oxygen atoms in total. The van der Waals surface area contributed by atoms with E-state index in [1.54, 1.807) is 12.1 Å². The maximum absolute atomic E-state index is 12.5. The Balaban J connectivity index is 1.61. The van der Waals surface area contributed by atoms with Crippen LogP contribution in [0.2, 0.25) is 0 Å². The molecule has 0 aliphatic heterocycles. The lowest BCUT2D eigenvalue weighted by molar-refractivity contribution is -0.137. The molecule has 0 fully saturated rings. The first-order valence-electron chi connectivity index (χ1n) is 8.40. The molecule has 0 spiro atoms. The van der Waals surface area contributed by atoms with E-state index in [-0.39, 0.29) is 30.3 Å². The van der Waals surface area contributed by atoms with Crippen LogP contribution in [-0.2, 0) is 24.1 Å². The number of halogens is 3. The van der Waals surface area contributed by atoms with E-state index in [2.05, 4.69) is 10.4 Å². The molecule has 2 aromatic carbocycles. The number of nitrogens with one attached hydrogen (secondary N) is 2. The lowest BCUT2D eigenvalue weighted by Crippen LogP contribution is -2.32. The summed E-state index contributed by atoms with van der Waals surface area (Å²) in [7, 11) is 0. The Morgan fingerprint density at radius 1 is 1.00 bits per heavy atom. The predicted octanol–water partition coefficient (Wildman–Crippen LogP) is 2.42. The number of aryl methyl sites for hydroxylation is 1. The zero-order chi connectivity index (χ0) is 20.3. The quantitative estimate of drug-likeness (QED) is 0.701. The Bertz CT molecular complexity index is 1120. The van der Waals surface area contributed by atoms with E-state index in [9.17, 15) is 27.6 Å². The lowest BCUT2D eigenvalue weighted by atomic mass is 10.1. The van der Waals surface area contributed by atoms with Crippen LogP contribution >= 0.6 is 0 Å². The van der Waals surface area contributed by atoms with Crippen molar-refractivity contribution in [2.75, 3.05) is 0 Å². The molecule has 0 atom stereocenters. The maximum atomic E-state index is 12.5. The third kappa shape index (κ3) is 4.30. The van der Waals surface area contributed by atoms with Crippen LogP contribution in [0.4, 0.5) is 13.2 Å². The molecule has 2 N–H and O–H groups in total. The Hall–Kier alpha value is -3.36. The number of carbonyl (C=O) groups excluding carboxylic acids is 1. The van der Waals surface area contributed by atoms with Crippen molar-refractivity contribution in [1.29, 1.82) is 0 Å². The molecule has 0 unspecified atom stereocenters. The zero-order valence-electron chi connectivity index (χ0n) is 14.5. The van der Waals surface area contributed by atoms with Crippen molar-refractivity contribution in [1.82, 2.24) is 15.1 Å². The normalized spacial score (nSPS) is 11.5. The first-order valence-corrected chi connectivity index (χ1v) is 8.40. The fourth-order valence-corrected chi connectivity index (χ4v) is 2.72. The van der Waals surface area contributed by atoms with E-state index in [0.29, 0.717) is 5.56 Å². The third-order valence-corrected chi connectivity index (χ3v) is 4.22. The Kier molecular flexibility index (Phi) is 5.34. The first kappa shape index (κ1) is 19.4. The number of hydrogen-bond acceptors (Lipinski definition) is 3. The van der Waals surface area contributed by atoms with Gasteiger partial charge in [-0.05, 0) is 29.8 Å². The van der Waals surface area contributed by atoms with Gasteiger partial charge in [0.25, 0.3) is 11.1 Å². The second kappa shape index (κ2) is 7.71. The van der Waals surface area contributed by atoms with E-state index in [4.69, 9.17) is 0 Å². The number of alkyl halides is 3. The summed E-state index contributed by atoms with van der Waals surface area (Å²) in [6.07, 6.45) is -4.49. The molecule has 1 heterocycles. The summed E-state index contributed by atoms with van der Waals surface area (Å²) < 4.78 is 38.7. The van der Waals surface area contributed by atoms with Crippen LogP contribution in [0.25, 0.3) is 10.8 Å². The van der Waals surface area contributed by atoms with E-state index in [1.165, 1.54) is 24.3 Å². The second-order valence-electron chi connectivity index (χ2n) is 6.16. The molecular weight excluding hydrogens is 375 g/mol. The minimum atomic E-state index is -4.41. The fraction of sp³-hybridized carbons (Fsp3) is 0.211. The number of benzene rings is 2. The van der Waals surface area contributed by atoms with Gasteiger partial charge in [0.05, 0.1) is 22.9 Å². The molecule has 1 amide bonds. The molecule has 146 valence electrons. The van der Waals surface area contributed by atoms with Crippen LogP contribution in [0.1, 0.15) is 17.5 Å². The summed E-state index contributed by atoms with van der Waals surface area (Å²) in [5.74, 6) is -0.402. The maximum Gasteiger partial charge on any atom is 0.416 e. The smallest absolute Gasteiger partial charge is 0.352 e. The van der Waals surface area contributed by atoms with Crippen LogP contribution in [-0.4, -0.2) is 15.7 Å². The monoisotopic (exact) mass is 391 g/mol. The highest BCUT2D eigenvalue weighted by Gasteiger charge is 2.29. The number of nitrogens with zero attached hydrogens (tertiary/aromatic N) is 1. The molecule has 0 aliphatic carbocycles. The van der Waals surface area contributed by atoms with E-state index >= 15 is 0 Å². The first-order chi connectivity index (χ1) is 13.3. The molecule has 3 aromatic rings.